The number of hydrogen-bond acceptors (Lipinski definition) is 4. The minimum Gasteiger partial charge on any atom is -0.478 e. The third-order valence-electron chi connectivity index (χ3n) is 2.79. The molecule has 1 aromatic carbocycles. The topological polar surface area (TPSA) is 104 Å². The molecule has 0 saturated carbocycles. The maximum absolute atomic E-state index is 12.5. The number of aromatic carboxylic acids is 1. The van der Waals surface area contributed by atoms with Gasteiger partial charge in [-0.2, -0.15) is 4.31 Å². The van der Waals surface area contributed by atoms with E-state index in [0.29, 0.717) is 6.42 Å². The lowest BCUT2D eigenvalue weighted by atomic mass is 10.2. The Labute approximate surface area is 123 Å². The molecule has 0 aliphatic carbocycles. The zero-order valence-corrected chi connectivity index (χ0v) is 12.7. The quantitative estimate of drug-likeness (QED) is 0.764. The largest absolute Gasteiger partial charge is 0.478 e. The number of nitrogens with one attached hydrogen (secondary N) is 1. The first-order valence-electron chi connectivity index (χ1n) is 6.37. The zero-order chi connectivity index (χ0) is 16.0. The lowest BCUT2D eigenvalue weighted by Crippen LogP contribution is -2.40. The van der Waals surface area contributed by atoms with Crippen LogP contribution in [0.3, 0.4) is 0 Å². The van der Waals surface area contributed by atoms with Crippen molar-refractivity contribution >= 4 is 21.9 Å². The molecule has 1 amide bonds. The van der Waals surface area contributed by atoms with E-state index in [1.165, 1.54) is 25.2 Å². The van der Waals surface area contributed by atoms with Crippen molar-refractivity contribution in [3.05, 3.63) is 29.8 Å². The molecule has 7 nitrogen and oxygen atoms in total. The highest BCUT2D eigenvalue weighted by Crippen LogP contribution is 2.17. The maximum Gasteiger partial charge on any atom is 0.335 e. The number of carboxylic acid groups (broad SMARTS) is 1. The van der Waals surface area contributed by atoms with Gasteiger partial charge in [0, 0.05) is 13.6 Å². The molecule has 0 aliphatic heterocycles. The van der Waals surface area contributed by atoms with Crippen LogP contribution in [0.25, 0.3) is 0 Å². The van der Waals surface area contributed by atoms with Crippen LogP contribution in [0, 0.1) is 0 Å². The van der Waals surface area contributed by atoms with Gasteiger partial charge < -0.3 is 10.4 Å². The van der Waals surface area contributed by atoms with Crippen LogP contribution in [-0.4, -0.2) is 49.8 Å². The molecule has 8 heteroatoms. The van der Waals surface area contributed by atoms with E-state index < -0.39 is 21.9 Å². The summed E-state index contributed by atoms with van der Waals surface area (Å²) < 4.78 is 26.0. The average Bonchev–Trinajstić information content (AvgIpc) is 2.46. The Morgan fingerprint density at radius 1 is 1.33 bits per heavy atom. The first-order valence-corrected chi connectivity index (χ1v) is 7.81. The minimum atomic E-state index is -3.92. The molecule has 0 aromatic heterocycles. The van der Waals surface area contributed by atoms with Crippen molar-refractivity contribution in [3.8, 4) is 0 Å². The molecule has 2 N–H and O–H groups in total. The molecule has 0 saturated heterocycles. The van der Waals surface area contributed by atoms with Crippen molar-refractivity contribution in [2.75, 3.05) is 20.1 Å². The van der Waals surface area contributed by atoms with Gasteiger partial charge >= 0.3 is 5.97 Å². The summed E-state index contributed by atoms with van der Waals surface area (Å²) in [4.78, 5) is 22.2. The van der Waals surface area contributed by atoms with Crippen LogP contribution in [0.5, 0.6) is 0 Å². The molecule has 0 aliphatic rings. The van der Waals surface area contributed by atoms with Crippen LogP contribution in [0.1, 0.15) is 23.7 Å². The van der Waals surface area contributed by atoms with E-state index in [4.69, 9.17) is 5.11 Å². The summed E-state index contributed by atoms with van der Waals surface area (Å²) >= 11 is 0. The zero-order valence-electron chi connectivity index (χ0n) is 11.9. The first kappa shape index (κ1) is 17.1. The summed E-state index contributed by atoms with van der Waals surface area (Å²) in [7, 11) is -2.49. The predicted molar refractivity (Wildman–Crippen MR) is 76.5 cm³/mol. The summed E-state index contributed by atoms with van der Waals surface area (Å²) in [6.07, 6.45) is 0.537. The Kier molecular flexibility index (Phi) is 5.86. The number of likely N-dealkylation sites (N-methyl/N-ethyl adjacent to an activating group) is 1. The number of rotatable bonds is 7. The third-order valence-corrected chi connectivity index (χ3v) is 4.63. The van der Waals surface area contributed by atoms with Crippen LogP contribution in [0.15, 0.2) is 29.2 Å². The minimum absolute atomic E-state index is 0.118. The summed E-state index contributed by atoms with van der Waals surface area (Å²) in [5.41, 5.74) is -0.118. The van der Waals surface area contributed by atoms with Gasteiger partial charge in [0.2, 0.25) is 15.9 Å². The molecule has 1 rings (SSSR count). The fourth-order valence-corrected chi connectivity index (χ4v) is 3.25. The van der Waals surface area contributed by atoms with Crippen LogP contribution < -0.4 is 5.32 Å². The Bertz CT molecular complexity index is 627. The molecule has 21 heavy (non-hydrogen) atoms. The second-order valence-corrected chi connectivity index (χ2v) is 6.28. The molecule has 1 aromatic rings. The Balaban J connectivity index is 3.19. The van der Waals surface area contributed by atoms with Crippen molar-refractivity contribution < 1.29 is 23.1 Å². The van der Waals surface area contributed by atoms with Gasteiger partial charge in [0.05, 0.1) is 17.0 Å². The molecule has 116 valence electrons. The number of nitrogens with zero attached hydrogens (tertiary/aromatic N) is 1. The van der Waals surface area contributed by atoms with Crippen molar-refractivity contribution in [1.82, 2.24) is 9.62 Å². The van der Waals surface area contributed by atoms with Gasteiger partial charge in [-0.1, -0.05) is 13.0 Å². The Hall–Kier alpha value is -1.93. The monoisotopic (exact) mass is 314 g/mol. The SMILES string of the molecule is CCCN(CC(=O)NC)S(=O)(=O)c1cccc(C(=O)O)c1. The molecule has 0 radical (unpaired) electrons. The van der Waals surface area contributed by atoms with Gasteiger partial charge in [-0.05, 0) is 24.6 Å². The van der Waals surface area contributed by atoms with E-state index >= 15 is 0 Å². The van der Waals surface area contributed by atoms with Crippen LogP contribution in [0.2, 0.25) is 0 Å². The number of benzene rings is 1. The van der Waals surface area contributed by atoms with Crippen LogP contribution in [0.4, 0.5) is 0 Å². The van der Waals surface area contributed by atoms with Crippen molar-refractivity contribution in [3.63, 3.8) is 0 Å². The molecular formula is C13H18N2O5S. The molecule has 0 spiro atoms. The highest BCUT2D eigenvalue weighted by Gasteiger charge is 2.26. The van der Waals surface area contributed by atoms with Gasteiger partial charge in [-0.15, -0.1) is 0 Å². The van der Waals surface area contributed by atoms with E-state index in [0.717, 1.165) is 10.4 Å². The first-order chi connectivity index (χ1) is 9.82. The van der Waals surface area contributed by atoms with E-state index in [2.05, 4.69) is 5.32 Å². The number of carboxylic acids is 1. The normalized spacial score (nSPS) is 11.4. The van der Waals surface area contributed by atoms with Gasteiger partial charge in [0.15, 0.2) is 0 Å². The second-order valence-electron chi connectivity index (χ2n) is 4.34. The van der Waals surface area contributed by atoms with E-state index in [1.807, 2.05) is 0 Å². The molecule has 0 bridgehead atoms. The highest BCUT2D eigenvalue weighted by molar-refractivity contribution is 7.89. The number of carbonyl (C=O) groups is 2. The van der Waals surface area contributed by atoms with Crippen molar-refractivity contribution in [2.45, 2.75) is 18.2 Å². The molecular weight excluding hydrogens is 296 g/mol. The van der Waals surface area contributed by atoms with Gasteiger partial charge in [0.1, 0.15) is 0 Å². The lowest BCUT2D eigenvalue weighted by molar-refractivity contribution is -0.120. The number of carbonyl (C=O) groups excluding carboxylic acids is 1. The average molecular weight is 314 g/mol. The van der Waals surface area contributed by atoms with Crippen LogP contribution >= 0.6 is 0 Å². The van der Waals surface area contributed by atoms with E-state index in [9.17, 15) is 18.0 Å². The van der Waals surface area contributed by atoms with Crippen LogP contribution in [-0.2, 0) is 14.8 Å². The molecule has 0 unspecified atom stereocenters. The summed E-state index contributed by atoms with van der Waals surface area (Å²) in [5, 5.41) is 11.3. The fourth-order valence-electron chi connectivity index (χ4n) is 1.71. The Morgan fingerprint density at radius 3 is 2.52 bits per heavy atom. The highest BCUT2D eigenvalue weighted by atomic mass is 32.2. The van der Waals surface area contributed by atoms with E-state index in [-0.39, 0.29) is 23.5 Å². The molecule has 0 atom stereocenters. The molecule has 0 fully saturated rings. The number of amides is 1. The summed E-state index contributed by atoms with van der Waals surface area (Å²) in [6, 6.07) is 5.07. The van der Waals surface area contributed by atoms with E-state index in [1.54, 1.807) is 6.92 Å². The second kappa shape index (κ2) is 7.19. The predicted octanol–water partition coefficient (Wildman–Crippen LogP) is 0.532. The number of hydrogen-bond donors (Lipinski definition) is 2. The fraction of sp³-hybridized carbons (Fsp3) is 0.385. The smallest absolute Gasteiger partial charge is 0.335 e. The van der Waals surface area contributed by atoms with Gasteiger partial charge in [-0.25, -0.2) is 13.2 Å². The van der Waals surface area contributed by atoms with Gasteiger partial charge in [-0.3, -0.25) is 4.79 Å². The maximum atomic E-state index is 12.5. The van der Waals surface area contributed by atoms with Gasteiger partial charge in [0.25, 0.3) is 0 Å². The summed E-state index contributed by atoms with van der Waals surface area (Å²) in [6.45, 7) is 1.66. The molecule has 0 heterocycles. The third kappa shape index (κ3) is 4.27. The number of sulfonamides is 1. The van der Waals surface area contributed by atoms with Crippen molar-refractivity contribution in [1.29, 1.82) is 0 Å². The summed E-state index contributed by atoms with van der Waals surface area (Å²) in [5.74, 6) is -1.64. The Morgan fingerprint density at radius 2 is 2.00 bits per heavy atom. The van der Waals surface area contributed by atoms with Crippen molar-refractivity contribution in [2.24, 2.45) is 0 Å². The standard InChI is InChI=1S/C13H18N2O5S/c1-3-7-15(9-12(16)14-2)21(19,20)11-6-4-5-10(8-11)13(17)18/h4-6,8H,3,7,9H2,1-2H3,(H,14,16)(H,17,18). The lowest BCUT2D eigenvalue weighted by Gasteiger charge is -2.20.